The molecular formula is C17H25N5O. The average molecular weight is 315 g/mol. The molecule has 1 aliphatic rings. The molecular weight excluding hydrogens is 290 g/mol. The number of pyridine rings is 1. The van der Waals surface area contributed by atoms with Gasteiger partial charge >= 0.3 is 0 Å². The van der Waals surface area contributed by atoms with Gasteiger partial charge in [-0.3, -0.25) is 25.5 Å². The first-order valence-electron chi connectivity index (χ1n) is 7.88. The second-order valence-corrected chi connectivity index (χ2v) is 6.08. The maximum atomic E-state index is 12.3. The van der Waals surface area contributed by atoms with Crippen molar-refractivity contribution in [3.05, 3.63) is 29.6 Å². The summed E-state index contributed by atoms with van der Waals surface area (Å²) >= 11 is 0. The fraction of sp³-hybridized carbons (Fsp3) is 0.529. The van der Waals surface area contributed by atoms with Crippen molar-refractivity contribution in [3.8, 4) is 12.3 Å². The van der Waals surface area contributed by atoms with Crippen molar-refractivity contribution in [2.24, 2.45) is 0 Å². The Hall–Kier alpha value is -1.94. The molecule has 23 heavy (non-hydrogen) atoms. The van der Waals surface area contributed by atoms with E-state index in [-0.39, 0.29) is 30.6 Å². The van der Waals surface area contributed by atoms with E-state index in [1.807, 2.05) is 43.9 Å². The summed E-state index contributed by atoms with van der Waals surface area (Å²) in [5.74, 6) is 2.59. The fourth-order valence-corrected chi connectivity index (χ4v) is 2.77. The number of hydrogen-bond acceptors (Lipinski definition) is 5. The first kappa shape index (κ1) is 17.4. The molecule has 1 aromatic heterocycles. The Morgan fingerprint density at radius 1 is 1.39 bits per heavy atom. The number of hydrazine groups is 1. The summed E-state index contributed by atoms with van der Waals surface area (Å²) in [7, 11) is 0. The van der Waals surface area contributed by atoms with Crippen LogP contribution < -0.4 is 16.2 Å². The van der Waals surface area contributed by atoms with E-state index in [9.17, 15) is 4.79 Å². The van der Waals surface area contributed by atoms with Crippen LogP contribution in [0.15, 0.2) is 18.2 Å². The summed E-state index contributed by atoms with van der Waals surface area (Å²) in [6, 6.07) is 6.30. The molecule has 1 saturated heterocycles. The van der Waals surface area contributed by atoms with Crippen LogP contribution in [0.5, 0.6) is 0 Å². The van der Waals surface area contributed by atoms with Gasteiger partial charge in [-0.1, -0.05) is 12.0 Å². The Balaban J connectivity index is 1.93. The largest absolute Gasteiger partial charge is 0.349 e. The van der Waals surface area contributed by atoms with Crippen LogP contribution in [0.1, 0.15) is 25.2 Å². The Morgan fingerprint density at radius 3 is 2.70 bits per heavy atom. The highest BCUT2D eigenvalue weighted by Crippen LogP contribution is 2.06. The minimum absolute atomic E-state index is 0.0258. The molecule has 6 nitrogen and oxygen atoms in total. The van der Waals surface area contributed by atoms with E-state index in [1.165, 1.54) is 0 Å². The minimum atomic E-state index is -0.0258. The number of aryl methyl sites for hydroxylation is 1. The lowest BCUT2D eigenvalue weighted by molar-refractivity contribution is -0.123. The van der Waals surface area contributed by atoms with E-state index in [1.54, 1.807) is 0 Å². The average Bonchev–Trinajstić information content (AvgIpc) is 2.79. The van der Waals surface area contributed by atoms with Gasteiger partial charge in [0, 0.05) is 24.3 Å². The zero-order valence-corrected chi connectivity index (χ0v) is 14.0. The molecule has 3 N–H and O–H groups in total. The normalized spacial score (nSPS) is 23.7. The number of terminal acetylenes is 1. The number of nitrogens with one attached hydrogen (secondary N) is 3. The zero-order valence-electron chi connectivity index (χ0n) is 14.0. The maximum Gasteiger partial charge on any atom is 0.234 e. The molecule has 0 radical (unpaired) electrons. The molecule has 124 valence electrons. The monoisotopic (exact) mass is 315 g/mol. The summed E-state index contributed by atoms with van der Waals surface area (Å²) in [5.41, 5.74) is 8.13. The van der Waals surface area contributed by atoms with Crippen molar-refractivity contribution < 1.29 is 4.79 Å². The van der Waals surface area contributed by atoms with Gasteiger partial charge in [-0.2, -0.15) is 0 Å². The molecule has 0 aliphatic carbocycles. The van der Waals surface area contributed by atoms with E-state index >= 15 is 0 Å². The van der Waals surface area contributed by atoms with Gasteiger partial charge in [-0.15, -0.1) is 6.42 Å². The van der Waals surface area contributed by atoms with Crippen LogP contribution in [-0.4, -0.2) is 47.0 Å². The highest BCUT2D eigenvalue weighted by molar-refractivity contribution is 5.78. The van der Waals surface area contributed by atoms with Crippen LogP contribution >= 0.6 is 0 Å². The van der Waals surface area contributed by atoms with E-state index in [0.717, 1.165) is 11.4 Å². The Kier molecular flexibility index (Phi) is 6.11. The van der Waals surface area contributed by atoms with Crippen LogP contribution in [0.25, 0.3) is 0 Å². The number of nitrogens with zero attached hydrogens (tertiary/aromatic N) is 2. The summed E-state index contributed by atoms with van der Waals surface area (Å²) in [5, 5.41) is 3.07. The van der Waals surface area contributed by atoms with Gasteiger partial charge < -0.3 is 5.32 Å². The molecule has 0 bridgehead atoms. The van der Waals surface area contributed by atoms with Gasteiger partial charge in [0.25, 0.3) is 0 Å². The van der Waals surface area contributed by atoms with Crippen molar-refractivity contribution in [3.63, 3.8) is 0 Å². The SMILES string of the molecule is C#CCN(CC(=O)NC1C(C)NNC1C)Cc1cccc(C)n1. The van der Waals surface area contributed by atoms with Crippen molar-refractivity contribution >= 4 is 5.91 Å². The molecule has 2 heterocycles. The number of hydrogen-bond donors (Lipinski definition) is 3. The Labute approximate surface area is 138 Å². The molecule has 1 aliphatic heterocycles. The van der Waals surface area contributed by atoms with E-state index in [2.05, 4.69) is 27.1 Å². The third-order valence-electron chi connectivity index (χ3n) is 3.96. The minimum Gasteiger partial charge on any atom is -0.349 e. The van der Waals surface area contributed by atoms with Crippen LogP contribution in [0, 0.1) is 19.3 Å². The molecule has 1 fully saturated rings. The van der Waals surface area contributed by atoms with Crippen molar-refractivity contribution in [1.82, 2.24) is 26.1 Å². The van der Waals surface area contributed by atoms with Gasteiger partial charge in [-0.25, -0.2) is 0 Å². The molecule has 1 aromatic rings. The third-order valence-corrected chi connectivity index (χ3v) is 3.96. The number of aromatic nitrogens is 1. The van der Waals surface area contributed by atoms with Gasteiger partial charge in [-0.05, 0) is 32.9 Å². The van der Waals surface area contributed by atoms with Crippen molar-refractivity contribution in [1.29, 1.82) is 0 Å². The number of rotatable bonds is 6. The maximum absolute atomic E-state index is 12.3. The first-order valence-corrected chi connectivity index (χ1v) is 7.88. The summed E-state index contributed by atoms with van der Waals surface area (Å²) < 4.78 is 0. The van der Waals surface area contributed by atoms with Crippen LogP contribution in [-0.2, 0) is 11.3 Å². The first-order chi connectivity index (χ1) is 11.0. The molecule has 6 heteroatoms. The number of carbonyl (C=O) groups excluding carboxylic acids is 1. The van der Waals surface area contributed by atoms with E-state index < -0.39 is 0 Å². The highest BCUT2D eigenvalue weighted by atomic mass is 16.2. The standard InChI is InChI=1S/C17H25N5O/c1-5-9-22(10-15-8-6-7-12(2)18-15)11-16(23)19-17-13(3)20-21-14(17)4/h1,6-8,13-14,17,20-21H,9-11H2,2-4H3,(H,19,23). The lowest BCUT2D eigenvalue weighted by Gasteiger charge is -2.23. The molecule has 2 rings (SSSR count). The number of carbonyl (C=O) groups is 1. The smallest absolute Gasteiger partial charge is 0.234 e. The third kappa shape index (κ3) is 5.03. The zero-order chi connectivity index (χ0) is 16.8. The van der Waals surface area contributed by atoms with Gasteiger partial charge in [0.15, 0.2) is 0 Å². The molecule has 0 saturated carbocycles. The van der Waals surface area contributed by atoms with Gasteiger partial charge in [0.2, 0.25) is 5.91 Å². The summed E-state index contributed by atoms with van der Waals surface area (Å²) in [6.45, 7) is 7.26. The van der Waals surface area contributed by atoms with Crippen molar-refractivity contribution in [2.75, 3.05) is 13.1 Å². The number of amides is 1. The van der Waals surface area contributed by atoms with Crippen LogP contribution in [0.3, 0.4) is 0 Å². The molecule has 2 unspecified atom stereocenters. The van der Waals surface area contributed by atoms with Crippen LogP contribution in [0.4, 0.5) is 0 Å². The second kappa shape index (κ2) is 8.06. The lowest BCUT2D eigenvalue weighted by Crippen LogP contribution is -2.49. The Morgan fingerprint density at radius 2 is 2.09 bits per heavy atom. The van der Waals surface area contributed by atoms with Gasteiger partial charge in [0.05, 0.1) is 24.8 Å². The topological polar surface area (TPSA) is 69.3 Å². The molecule has 1 amide bonds. The Bertz CT molecular complexity index is 573. The summed E-state index contributed by atoms with van der Waals surface area (Å²) in [6.07, 6.45) is 5.43. The van der Waals surface area contributed by atoms with E-state index in [0.29, 0.717) is 13.1 Å². The highest BCUT2D eigenvalue weighted by Gasteiger charge is 2.31. The molecule has 0 spiro atoms. The van der Waals surface area contributed by atoms with Gasteiger partial charge in [0.1, 0.15) is 0 Å². The lowest BCUT2D eigenvalue weighted by atomic mass is 10.1. The molecule has 0 aromatic carbocycles. The quantitative estimate of drug-likeness (QED) is 0.654. The predicted molar refractivity (Wildman–Crippen MR) is 90.2 cm³/mol. The second-order valence-electron chi connectivity index (χ2n) is 6.08. The molecule has 2 atom stereocenters. The van der Waals surface area contributed by atoms with Crippen molar-refractivity contribution in [2.45, 2.75) is 45.4 Å². The van der Waals surface area contributed by atoms with Crippen LogP contribution in [0.2, 0.25) is 0 Å². The fourth-order valence-electron chi connectivity index (χ4n) is 2.77. The predicted octanol–water partition coefficient (Wildman–Crippen LogP) is 0.195. The van der Waals surface area contributed by atoms with E-state index in [4.69, 9.17) is 6.42 Å². The summed E-state index contributed by atoms with van der Waals surface area (Å²) in [4.78, 5) is 18.7.